The Hall–Kier alpha value is -3.26. The highest BCUT2D eigenvalue weighted by Gasteiger charge is 2.17. The van der Waals surface area contributed by atoms with Gasteiger partial charge in [-0.05, 0) is 31.2 Å². The van der Waals surface area contributed by atoms with E-state index in [1.165, 1.54) is 11.3 Å². The Morgan fingerprint density at radius 3 is 2.80 bits per heavy atom. The Labute approximate surface area is 147 Å². The van der Waals surface area contributed by atoms with E-state index in [2.05, 4.69) is 20.4 Å². The lowest BCUT2D eigenvalue weighted by Crippen LogP contribution is -2.16. The van der Waals surface area contributed by atoms with Crippen LogP contribution in [0.5, 0.6) is 0 Å². The van der Waals surface area contributed by atoms with Crippen molar-refractivity contribution in [3.05, 3.63) is 59.7 Å². The second-order valence-electron chi connectivity index (χ2n) is 5.49. The lowest BCUT2D eigenvalue weighted by Gasteiger charge is -2.02. The molecule has 0 bridgehead atoms. The minimum absolute atomic E-state index is 0.0233. The fourth-order valence-electron chi connectivity index (χ4n) is 2.45. The first kappa shape index (κ1) is 15.3. The van der Waals surface area contributed by atoms with Gasteiger partial charge < -0.3 is 5.73 Å². The average Bonchev–Trinajstić information content (AvgIpc) is 3.17. The van der Waals surface area contributed by atoms with Gasteiger partial charge in [0.15, 0.2) is 5.13 Å². The molecule has 0 aliphatic heterocycles. The Balaban J connectivity index is 1.62. The number of nitrogens with zero attached hydrogens (tertiary/aromatic N) is 4. The third kappa shape index (κ3) is 2.94. The maximum Gasteiger partial charge on any atom is 0.281 e. The van der Waals surface area contributed by atoms with E-state index in [0.717, 1.165) is 20.5 Å². The van der Waals surface area contributed by atoms with Crippen LogP contribution in [0.1, 0.15) is 15.9 Å². The van der Waals surface area contributed by atoms with Crippen molar-refractivity contribution >= 4 is 44.5 Å². The predicted molar refractivity (Wildman–Crippen MR) is 98.2 cm³/mol. The van der Waals surface area contributed by atoms with Crippen molar-refractivity contribution < 1.29 is 4.79 Å². The fourth-order valence-corrected chi connectivity index (χ4v) is 3.31. The van der Waals surface area contributed by atoms with Crippen molar-refractivity contribution in [1.29, 1.82) is 0 Å². The number of nitrogens with two attached hydrogens (primary N) is 1. The minimum atomic E-state index is -0.328. The van der Waals surface area contributed by atoms with Crippen LogP contribution >= 0.6 is 11.3 Å². The Morgan fingerprint density at radius 2 is 2.00 bits per heavy atom. The van der Waals surface area contributed by atoms with Crippen molar-refractivity contribution in [2.24, 2.45) is 0 Å². The molecule has 0 spiro atoms. The van der Waals surface area contributed by atoms with Crippen molar-refractivity contribution in [2.75, 3.05) is 11.1 Å². The topological polar surface area (TPSA) is 98.7 Å². The van der Waals surface area contributed by atoms with Crippen molar-refractivity contribution in [3.63, 3.8) is 0 Å². The number of carbonyl (C=O) groups excluding carboxylic acids is 1. The number of carbonyl (C=O) groups is 1. The Kier molecular flexibility index (Phi) is 3.66. The molecule has 4 rings (SSSR count). The molecule has 0 unspecified atom stereocenters. The number of para-hydroxylation sites is 1. The van der Waals surface area contributed by atoms with Crippen LogP contribution in [0.3, 0.4) is 0 Å². The molecule has 0 atom stereocenters. The highest BCUT2D eigenvalue weighted by atomic mass is 32.1. The number of nitrogen functional groups attached to an aromatic ring is 1. The van der Waals surface area contributed by atoms with E-state index in [4.69, 9.17) is 5.73 Å². The highest BCUT2D eigenvalue weighted by Crippen LogP contribution is 2.27. The summed E-state index contributed by atoms with van der Waals surface area (Å²) in [5.74, 6) is -0.0706. The number of fused-ring (bicyclic) bond motifs is 1. The highest BCUT2D eigenvalue weighted by molar-refractivity contribution is 7.22. The van der Waals surface area contributed by atoms with E-state index in [1.807, 2.05) is 43.3 Å². The van der Waals surface area contributed by atoms with Gasteiger partial charge in [0, 0.05) is 5.56 Å². The molecule has 2 aromatic heterocycles. The summed E-state index contributed by atoms with van der Waals surface area (Å²) in [6.07, 6.45) is 0. The molecule has 3 N–H and O–H groups in total. The van der Waals surface area contributed by atoms with Crippen LogP contribution in [0.2, 0.25) is 0 Å². The van der Waals surface area contributed by atoms with Gasteiger partial charge >= 0.3 is 0 Å². The molecule has 2 aromatic carbocycles. The van der Waals surface area contributed by atoms with Gasteiger partial charge in [0.1, 0.15) is 0 Å². The Morgan fingerprint density at radius 1 is 1.16 bits per heavy atom. The van der Waals surface area contributed by atoms with Crippen LogP contribution in [-0.2, 0) is 0 Å². The number of hydrogen-bond donors (Lipinski definition) is 2. The number of nitrogens with one attached hydrogen (secondary N) is 1. The zero-order chi connectivity index (χ0) is 17.4. The lowest BCUT2D eigenvalue weighted by molar-refractivity contribution is 0.0948. The molecule has 0 fully saturated rings. The summed E-state index contributed by atoms with van der Waals surface area (Å²) in [5, 5.41) is 7.81. The predicted octanol–water partition coefficient (Wildman–Crippen LogP) is 3.21. The van der Waals surface area contributed by atoms with Crippen LogP contribution in [0.25, 0.3) is 10.2 Å². The quantitative estimate of drug-likeness (QED) is 0.589. The summed E-state index contributed by atoms with van der Waals surface area (Å²) >= 11 is 1.48. The van der Waals surface area contributed by atoms with Gasteiger partial charge in [-0.1, -0.05) is 41.2 Å². The van der Waals surface area contributed by atoms with Crippen LogP contribution < -0.4 is 11.1 Å². The SMILES string of the molecule is Cc1cccc(C(=O)n2nc(Nc3nc4ccccc4s3)nc2N)c1. The van der Waals surface area contributed by atoms with E-state index in [-0.39, 0.29) is 17.8 Å². The van der Waals surface area contributed by atoms with Crippen molar-refractivity contribution in [1.82, 2.24) is 19.7 Å². The second-order valence-corrected chi connectivity index (χ2v) is 6.52. The monoisotopic (exact) mass is 350 g/mol. The van der Waals surface area contributed by atoms with Gasteiger partial charge in [0.05, 0.1) is 10.2 Å². The number of rotatable bonds is 3. The molecule has 2 heterocycles. The number of hydrogen-bond acceptors (Lipinski definition) is 7. The molecule has 0 amide bonds. The van der Waals surface area contributed by atoms with E-state index in [9.17, 15) is 4.79 Å². The maximum atomic E-state index is 12.6. The third-order valence-corrected chi connectivity index (χ3v) is 4.55. The normalized spacial score (nSPS) is 10.9. The van der Waals surface area contributed by atoms with Gasteiger partial charge in [-0.3, -0.25) is 10.1 Å². The Bertz CT molecular complexity index is 1050. The second kappa shape index (κ2) is 5.99. The molecule has 0 saturated heterocycles. The number of aryl methyl sites for hydroxylation is 1. The molecule has 124 valence electrons. The molecule has 25 heavy (non-hydrogen) atoms. The van der Waals surface area contributed by atoms with Crippen LogP contribution in [0.15, 0.2) is 48.5 Å². The summed E-state index contributed by atoms with van der Waals surface area (Å²) in [5.41, 5.74) is 8.23. The lowest BCUT2D eigenvalue weighted by atomic mass is 10.1. The van der Waals surface area contributed by atoms with Gasteiger partial charge in [0.25, 0.3) is 11.9 Å². The van der Waals surface area contributed by atoms with Crippen molar-refractivity contribution in [3.8, 4) is 0 Å². The molecule has 0 radical (unpaired) electrons. The minimum Gasteiger partial charge on any atom is -0.368 e. The maximum absolute atomic E-state index is 12.6. The summed E-state index contributed by atoms with van der Waals surface area (Å²) in [7, 11) is 0. The van der Waals surface area contributed by atoms with Gasteiger partial charge in [-0.15, -0.1) is 5.10 Å². The zero-order valence-corrected chi connectivity index (χ0v) is 14.1. The van der Waals surface area contributed by atoms with E-state index in [0.29, 0.717) is 10.7 Å². The standard InChI is InChI=1S/C17H14N6OS/c1-10-5-4-6-11(9-10)14(24)23-15(18)20-16(22-23)21-17-19-12-7-2-3-8-13(12)25-17/h2-9H,1H3,(H3,18,19,20,21,22). The molecule has 0 aliphatic carbocycles. The molecule has 0 saturated carbocycles. The largest absolute Gasteiger partial charge is 0.368 e. The summed E-state index contributed by atoms with van der Waals surface area (Å²) in [4.78, 5) is 21.1. The molecule has 8 heteroatoms. The first-order chi connectivity index (χ1) is 12.1. The fraction of sp³-hybridized carbons (Fsp3) is 0.0588. The number of anilines is 3. The average molecular weight is 350 g/mol. The first-order valence-corrected chi connectivity index (χ1v) is 8.38. The van der Waals surface area contributed by atoms with E-state index >= 15 is 0 Å². The number of aromatic nitrogens is 4. The van der Waals surface area contributed by atoms with Gasteiger partial charge in [-0.25, -0.2) is 4.98 Å². The molecule has 7 nitrogen and oxygen atoms in total. The van der Waals surface area contributed by atoms with Crippen molar-refractivity contribution in [2.45, 2.75) is 6.92 Å². The molecular weight excluding hydrogens is 336 g/mol. The van der Waals surface area contributed by atoms with Crippen LogP contribution in [0.4, 0.5) is 17.0 Å². The summed E-state index contributed by atoms with van der Waals surface area (Å²) < 4.78 is 2.14. The number of benzene rings is 2. The molecule has 4 aromatic rings. The third-order valence-electron chi connectivity index (χ3n) is 3.60. The van der Waals surface area contributed by atoms with Crippen LogP contribution in [0, 0.1) is 6.92 Å². The number of thiazole rings is 1. The molecule has 0 aliphatic rings. The molecular formula is C17H14N6OS. The zero-order valence-electron chi connectivity index (χ0n) is 13.3. The van der Waals surface area contributed by atoms with E-state index < -0.39 is 0 Å². The van der Waals surface area contributed by atoms with Gasteiger partial charge in [-0.2, -0.15) is 9.67 Å². The van der Waals surface area contributed by atoms with Crippen LogP contribution in [-0.4, -0.2) is 25.7 Å². The van der Waals surface area contributed by atoms with E-state index in [1.54, 1.807) is 12.1 Å². The van der Waals surface area contributed by atoms with Gasteiger partial charge in [0.2, 0.25) is 5.95 Å². The summed E-state index contributed by atoms with van der Waals surface area (Å²) in [6, 6.07) is 15.0. The smallest absolute Gasteiger partial charge is 0.281 e. The summed E-state index contributed by atoms with van der Waals surface area (Å²) in [6.45, 7) is 1.92. The first-order valence-electron chi connectivity index (χ1n) is 7.57.